The van der Waals surface area contributed by atoms with Gasteiger partial charge in [-0.3, -0.25) is 0 Å². The summed E-state index contributed by atoms with van der Waals surface area (Å²) in [6.07, 6.45) is 3.13. The molecule has 0 atom stereocenters. The number of carboxylic acid groups (broad SMARTS) is 1. The summed E-state index contributed by atoms with van der Waals surface area (Å²) in [7, 11) is 1.57. The van der Waals surface area contributed by atoms with Crippen LogP contribution < -0.4 is 4.74 Å². The van der Waals surface area contributed by atoms with E-state index in [1.807, 2.05) is 6.07 Å². The smallest absolute Gasteiger partial charge is 0.335 e. The Bertz CT molecular complexity index is 345. The van der Waals surface area contributed by atoms with Crippen molar-refractivity contribution in [3.05, 3.63) is 29.3 Å². The second-order valence-corrected chi connectivity index (χ2v) is 3.44. The van der Waals surface area contributed by atoms with E-state index in [0.717, 1.165) is 24.8 Å². The number of ether oxygens (including phenoxy) is 1. The van der Waals surface area contributed by atoms with Crippen molar-refractivity contribution in [2.75, 3.05) is 7.11 Å². The summed E-state index contributed by atoms with van der Waals surface area (Å²) in [5.74, 6) is -0.251. The molecule has 0 aliphatic heterocycles. The third-order valence-electron chi connectivity index (χ3n) is 2.33. The first-order valence-corrected chi connectivity index (χ1v) is 5.09. The Kier molecular flexibility index (Phi) is 4.16. The number of hydrogen-bond donors (Lipinski definition) is 1. The zero-order valence-corrected chi connectivity index (χ0v) is 9.12. The Hall–Kier alpha value is -1.51. The molecule has 0 amide bonds. The minimum absolute atomic E-state index is 0.270. The van der Waals surface area contributed by atoms with Crippen molar-refractivity contribution in [1.29, 1.82) is 0 Å². The molecule has 3 heteroatoms. The summed E-state index contributed by atoms with van der Waals surface area (Å²) in [6.45, 7) is 2.12. The van der Waals surface area contributed by atoms with Gasteiger partial charge in [0.05, 0.1) is 12.7 Å². The molecule has 0 spiro atoms. The lowest BCUT2D eigenvalue weighted by molar-refractivity contribution is 0.0696. The molecule has 0 bridgehead atoms. The monoisotopic (exact) mass is 208 g/mol. The maximum atomic E-state index is 10.7. The third kappa shape index (κ3) is 2.98. The highest BCUT2D eigenvalue weighted by Gasteiger charge is 2.08. The molecular weight excluding hydrogens is 192 g/mol. The topological polar surface area (TPSA) is 46.5 Å². The second-order valence-electron chi connectivity index (χ2n) is 3.44. The highest BCUT2D eigenvalue weighted by molar-refractivity contribution is 5.88. The van der Waals surface area contributed by atoms with Gasteiger partial charge in [0.15, 0.2) is 0 Å². The minimum atomic E-state index is -0.921. The highest BCUT2D eigenvalue weighted by Crippen LogP contribution is 2.22. The van der Waals surface area contributed by atoms with Gasteiger partial charge in [0.25, 0.3) is 0 Å². The quantitative estimate of drug-likeness (QED) is 0.809. The van der Waals surface area contributed by atoms with Gasteiger partial charge < -0.3 is 9.84 Å². The molecule has 0 aliphatic carbocycles. The Labute approximate surface area is 89.7 Å². The molecule has 1 aromatic rings. The zero-order chi connectivity index (χ0) is 11.3. The number of rotatable bonds is 5. The van der Waals surface area contributed by atoms with Gasteiger partial charge in [-0.1, -0.05) is 19.4 Å². The van der Waals surface area contributed by atoms with Gasteiger partial charge in [-0.05, 0) is 30.5 Å². The van der Waals surface area contributed by atoms with Crippen LogP contribution >= 0.6 is 0 Å². The lowest BCUT2D eigenvalue weighted by Gasteiger charge is -2.08. The van der Waals surface area contributed by atoms with E-state index in [0.29, 0.717) is 5.75 Å². The summed E-state index contributed by atoms with van der Waals surface area (Å²) < 4.78 is 5.17. The number of methoxy groups -OCH3 is 1. The first-order valence-electron chi connectivity index (χ1n) is 5.09. The normalized spacial score (nSPS) is 10.0. The molecule has 1 rings (SSSR count). The number of hydrogen-bond acceptors (Lipinski definition) is 2. The fourth-order valence-corrected chi connectivity index (χ4v) is 1.45. The molecule has 0 heterocycles. The van der Waals surface area contributed by atoms with E-state index in [4.69, 9.17) is 9.84 Å². The summed E-state index contributed by atoms with van der Waals surface area (Å²) in [4.78, 5) is 10.7. The SMILES string of the molecule is CCCCc1ccc(C(=O)O)cc1OC. The number of carboxylic acids is 1. The average Bonchev–Trinajstić information content (AvgIpc) is 2.25. The summed E-state index contributed by atoms with van der Waals surface area (Å²) in [6, 6.07) is 5.03. The maximum absolute atomic E-state index is 10.7. The molecule has 0 fully saturated rings. The summed E-state index contributed by atoms with van der Waals surface area (Å²) in [5, 5.41) is 8.82. The van der Waals surface area contributed by atoms with Gasteiger partial charge in [-0.2, -0.15) is 0 Å². The molecule has 0 unspecified atom stereocenters. The van der Waals surface area contributed by atoms with Crippen LogP contribution in [-0.2, 0) is 6.42 Å². The first-order chi connectivity index (χ1) is 7.19. The predicted octanol–water partition coefficient (Wildman–Crippen LogP) is 2.74. The van der Waals surface area contributed by atoms with Crippen LogP contribution in [0.5, 0.6) is 5.75 Å². The van der Waals surface area contributed by atoms with Crippen molar-refractivity contribution in [1.82, 2.24) is 0 Å². The van der Waals surface area contributed by atoms with Crippen LogP contribution in [0.3, 0.4) is 0 Å². The van der Waals surface area contributed by atoms with Crippen molar-refractivity contribution < 1.29 is 14.6 Å². The summed E-state index contributed by atoms with van der Waals surface area (Å²) in [5.41, 5.74) is 1.34. The first kappa shape index (κ1) is 11.6. The van der Waals surface area contributed by atoms with E-state index in [1.54, 1.807) is 19.2 Å². The van der Waals surface area contributed by atoms with Crippen LogP contribution in [0.15, 0.2) is 18.2 Å². The Morgan fingerprint density at radius 3 is 2.73 bits per heavy atom. The van der Waals surface area contributed by atoms with E-state index in [9.17, 15) is 4.79 Å². The minimum Gasteiger partial charge on any atom is -0.496 e. The predicted molar refractivity (Wildman–Crippen MR) is 58.6 cm³/mol. The lowest BCUT2D eigenvalue weighted by atomic mass is 10.0. The average molecular weight is 208 g/mol. The lowest BCUT2D eigenvalue weighted by Crippen LogP contribution is -1.99. The van der Waals surface area contributed by atoms with Gasteiger partial charge in [0, 0.05) is 0 Å². The number of carbonyl (C=O) groups is 1. The van der Waals surface area contributed by atoms with Gasteiger partial charge in [0.2, 0.25) is 0 Å². The molecular formula is C12H16O3. The molecule has 0 saturated carbocycles. The van der Waals surface area contributed by atoms with E-state index in [2.05, 4.69) is 6.92 Å². The van der Waals surface area contributed by atoms with Crippen molar-refractivity contribution in [3.63, 3.8) is 0 Å². The second kappa shape index (κ2) is 5.39. The van der Waals surface area contributed by atoms with Crippen molar-refractivity contribution in [2.24, 2.45) is 0 Å². The fraction of sp³-hybridized carbons (Fsp3) is 0.417. The molecule has 1 N–H and O–H groups in total. The van der Waals surface area contributed by atoms with Crippen molar-refractivity contribution in [2.45, 2.75) is 26.2 Å². The summed E-state index contributed by atoms with van der Waals surface area (Å²) >= 11 is 0. The fourth-order valence-electron chi connectivity index (χ4n) is 1.45. The van der Waals surface area contributed by atoms with Gasteiger partial charge in [-0.25, -0.2) is 4.79 Å². The molecule has 15 heavy (non-hydrogen) atoms. The molecule has 0 aromatic heterocycles. The van der Waals surface area contributed by atoms with Crippen molar-refractivity contribution >= 4 is 5.97 Å². The number of aryl methyl sites for hydroxylation is 1. The maximum Gasteiger partial charge on any atom is 0.335 e. The Morgan fingerprint density at radius 2 is 2.20 bits per heavy atom. The van der Waals surface area contributed by atoms with Gasteiger partial charge >= 0.3 is 5.97 Å². The van der Waals surface area contributed by atoms with E-state index in [-0.39, 0.29) is 5.56 Å². The molecule has 3 nitrogen and oxygen atoms in total. The Morgan fingerprint density at radius 1 is 1.47 bits per heavy atom. The Balaban J connectivity index is 2.93. The van der Waals surface area contributed by atoms with E-state index < -0.39 is 5.97 Å². The van der Waals surface area contributed by atoms with Crippen molar-refractivity contribution in [3.8, 4) is 5.75 Å². The van der Waals surface area contributed by atoms with Crippen LogP contribution in [0.1, 0.15) is 35.7 Å². The highest BCUT2D eigenvalue weighted by atomic mass is 16.5. The third-order valence-corrected chi connectivity index (χ3v) is 2.33. The number of benzene rings is 1. The van der Waals surface area contributed by atoms with Crippen LogP contribution in [0.2, 0.25) is 0 Å². The van der Waals surface area contributed by atoms with Crippen LogP contribution in [0, 0.1) is 0 Å². The van der Waals surface area contributed by atoms with Crippen LogP contribution in [-0.4, -0.2) is 18.2 Å². The molecule has 0 radical (unpaired) electrons. The number of unbranched alkanes of at least 4 members (excludes halogenated alkanes) is 1. The molecule has 1 aromatic carbocycles. The van der Waals surface area contributed by atoms with E-state index >= 15 is 0 Å². The zero-order valence-electron chi connectivity index (χ0n) is 9.12. The number of aromatic carboxylic acids is 1. The standard InChI is InChI=1S/C12H16O3/c1-3-4-5-9-6-7-10(12(13)14)8-11(9)15-2/h6-8H,3-5H2,1-2H3,(H,13,14). The molecule has 0 aliphatic rings. The van der Waals surface area contributed by atoms with Crippen LogP contribution in [0.4, 0.5) is 0 Å². The van der Waals surface area contributed by atoms with Gasteiger partial charge in [-0.15, -0.1) is 0 Å². The largest absolute Gasteiger partial charge is 0.496 e. The molecule has 0 saturated heterocycles. The van der Waals surface area contributed by atoms with Gasteiger partial charge in [0.1, 0.15) is 5.75 Å². The van der Waals surface area contributed by atoms with E-state index in [1.165, 1.54) is 0 Å². The van der Waals surface area contributed by atoms with Crippen LogP contribution in [0.25, 0.3) is 0 Å². The molecule has 82 valence electrons.